The Bertz CT molecular complexity index is 750. The summed E-state index contributed by atoms with van der Waals surface area (Å²) in [5.74, 6) is -0.213. The Kier molecular flexibility index (Phi) is 3.83. The van der Waals surface area contributed by atoms with E-state index in [0.717, 1.165) is 11.3 Å². The molecule has 2 heterocycles. The molecule has 0 aliphatic rings. The van der Waals surface area contributed by atoms with Crippen molar-refractivity contribution in [3.63, 3.8) is 0 Å². The van der Waals surface area contributed by atoms with Crippen molar-refractivity contribution in [2.45, 2.75) is 6.54 Å². The van der Waals surface area contributed by atoms with Crippen molar-refractivity contribution >= 4 is 21.8 Å². The summed E-state index contributed by atoms with van der Waals surface area (Å²) in [7, 11) is 0. The first kappa shape index (κ1) is 13.6. The number of carbonyl (C=O) groups excluding carboxylic acids is 1. The molecule has 1 amide bonds. The van der Waals surface area contributed by atoms with Crippen LogP contribution in [0.15, 0.2) is 53.4 Å². The summed E-state index contributed by atoms with van der Waals surface area (Å²) in [4.78, 5) is 12.1. The first-order valence-corrected chi connectivity index (χ1v) is 7.10. The molecule has 0 unspecified atom stereocenters. The topological polar surface area (TPSA) is 75.6 Å². The molecule has 3 rings (SSSR count). The van der Waals surface area contributed by atoms with Crippen molar-refractivity contribution in [2.24, 2.45) is 0 Å². The van der Waals surface area contributed by atoms with Crippen LogP contribution in [-0.4, -0.2) is 25.9 Å². The van der Waals surface area contributed by atoms with E-state index in [1.165, 1.54) is 0 Å². The number of aromatic nitrogens is 4. The van der Waals surface area contributed by atoms with E-state index in [1.54, 1.807) is 17.1 Å². The van der Waals surface area contributed by atoms with Crippen molar-refractivity contribution in [2.75, 3.05) is 0 Å². The van der Waals surface area contributed by atoms with Gasteiger partial charge in [0.25, 0.3) is 5.91 Å². The van der Waals surface area contributed by atoms with Crippen molar-refractivity contribution in [1.82, 2.24) is 25.3 Å². The van der Waals surface area contributed by atoms with E-state index in [0.29, 0.717) is 16.7 Å². The van der Waals surface area contributed by atoms with E-state index in [2.05, 4.69) is 36.5 Å². The molecule has 2 N–H and O–H groups in total. The van der Waals surface area contributed by atoms with Gasteiger partial charge in [-0.15, -0.1) is 0 Å². The van der Waals surface area contributed by atoms with Crippen LogP contribution in [0, 0.1) is 0 Å². The van der Waals surface area contributed by atoms with E-state index >= 15 is 0 Å². The number of H-pyrrole nitrogens is 1. The summed E-state index contributed by atoms with van der Waals surface area (Å²) < 4.78 is 2.41. The van der Waals surface area contributed by atoms with Crippen molar-refractivity contribution in [3.8, 4) is 5.69 Å². The summed E-state index contributed by atoms with van der Waals surface area (Å²) in [6.07, 6.45) is 5.13. The van der Waals surface area contributed by atoms with Gasteiger partial charge < -0.3 is 5.32 Å². The molecule has 0 aliphatic carbocycles. The van der Waals surface area contributed by atoms with Crippen molar-refractivity contribution < 1.29 is 4.79 Å². The SMILES string of the molecule is O=C(NCc1ccccc1-n1cccn1)c1[nH]ncc1Br. The number of para-hydroxylation sites is 1. The number of aromatic amines is 1. The maximum atomic E-state index is 12.1. The third kappa shape index (κ3) is 2.87. The predicted octanol–water partition coefficient (Wildman–Crippen LogP) is 2.29. The minimum atomic E-state index is -0.213. The number of hydrogen-bond acceptors (Lipinski definition) is 3. The number of carbonyl (C=O) groups is 1. The van der Waals surface area contributed by atoms with Crippen molar-refractivity contribution in [1.29, 1.82) is 0 Å². The number of benzene rings is 1. The minimum Gasteiger partial charge on any atom is -0.347 e. The quantitative estimate of drug-likeness (QED) is 0.761. The molecule has 0 aliphatic heterocycles. The lowest BCUT2D eigenvalue weighted by Gasteiger charge is -2.10. The van der Waals surface area contributed by atoms with E-state index < -0.39 is 0 Å². The third-order valence-electron chi connectivity index (χ3n) is 3.00. The highest BCUT2D eigenvalue weighted by Crippen LogP contribution is 2.15. The van der Waals surface area contributed by atoms with Gasteiger partial charge in [-0.3, -0.25) is 9.89 Å². The molecule has 0 saturated carbocycles. The molecule has 21 heavy (non-hydrogen) atoms. The fourth-order valence-electron chi connectivity index (χ4n) is 1.99. The molecule has 0 bridgehead atoms. The van der Waals surface area contributed by atoms with E-state index in [1.807, 2.05) is 36.5 Å². The molecule has 106 valence electrons. The van der Waals surface area contributed by atoms with Gasteiger partial charge in [-0.2, -0.15) is 10.2 Å². The Morgan fingerprint density at radius 1 is 1.33 bits per heavy atom. The van der Waals surface area contributed by atoms with Gasteiger partial charge in [0.1, 0.15) is 5.69 Å². The third-order valence-corrected chi connectivity index (χ3v) is 3.60. The van der Waals surface area contributed by atoms with Gasteiger partial charge in [-0.05, 0) is 33.6 Å². The first-order chi connectivity index (χ1) is 10.3. The highest BCUT2D eigenvalue weighted by molar-refractivity contribution is 9.10. The second kappa shape index (κ2) is 5.92. The molecule has 6 nitrogen and oxygen atoms in total. The Morgan fingerprint density at radius 2 is 2.19 bits per heavy atom. The van der Waals surface area contributed by atoms with Crippen LogP contribution >= 0.6 is 15.9 Å². The highest BCUT2D eigenvalue weighted by Gasteiger charge is 2.12. The zero-order valence-corrected chi connectivity index (χ0v) is 12.5. The fraction of sp³-hybridized carbons (Fsp3) is 0.0714. The van der Waals surface area contributed by atoms with Gasteiger partial charge in [0, 0.05) is 18.9 Å². The zero-order valence-electron chi connectivity index (χ0n) is 11.0. The average molecular weight is 346 g/mol. The van der Waals surface area contributed by atoms with Gasteiger partial charge in [0.05, 0.1) is 16.4 Å². The van der Waals surface area contributed by atoms with Crippen LogP contribution < -0.4 is 5.32 Å². The van der Waals surface area contributed by atoms with Crippen molar-refractivity contribution in [3.05, 3.63) is 64.7 Å². The highest BCUT2D eigenvalue weighted by atomic mass is 79.9. The van der Waals surface area contributed by atoms with Crippen LogP contribution in [0.5, 0.6) is 0 Å². The zero-order chi connectivity index (χ0) is 14.7. The predicted molar refractivity (Wildman–Crippen MR) is 81.0 cm³/mol. The second-order valence-corrected chi connectivity index (χ2v) is 5.21. The second-order valence-electron chi connectivity index (χ2n) is 4.35. The van der Waals surface area contributed by atoms with E-state index in [9.17, 15) is 4.79 Å². The molecule has 0 saturated heterocycles. The summed E-state index contributed by atoms with van der Waals surface area (Å²) >= 11 is 3.27. The monoisotopic (exact) mass is 345 g/mol. The molecule has 1 aromatic carbocycles. The summed E-state index contributed by atoms with van der Waals surface area (Å²) in [5.41, 5.74) is 2.32. The van der Waals surface area contributed by atoms with E-state index in [-0.39, 0.29) is 5.91 Å². The average Bonchev–Trinajstić information content (AvgIpc) is 3.16. The van der Waals surface area contributed by atoms with Gasteiger partial charge in [-0.25, -0.2) is 4.68 Å². The van der Waals surface area contributed by atoms with Crippen LogP contribution in [0.25, 0.3) is 5.69 Å². The normalized spacial score (nSPS) is 10.5. The lowest BCUT2D eigenvalue weighted by molar-refractivity contribution is 0.0945. The molecule has 7 heteroatoms. The molecule has 0 fully saturated rings. The standard InChI is InChI=1S/C14H12BrN5O/c15-11-9-17-19-13(11)14(21)16-8-10-4-1-2-5-12(10)20-7-3-6-18-20/h1-7,9H,8H2,(H,16,21)(H,17,19). The minimum absolute atomic E-state index is 0.213. The molecule has 0 radical (unpaired) electrons. The fourth-order valence-corrected chi connectivity index (χ4v) is 2.36. The molecule has 0 atom stereocenters. The largest absolute Gasteiger partial charge is 0.347 e. The maximum Gasteiger partial charge on any atom is 0.270 e. The van der Waals surface area contributed by atoms with Gasteiger partial charge in [-0.1, -0.05) is 18.2 Å². The summed E-state index contributed by atoms with van der Waals surface area (Å²) in [6.45, 7) is 0.403. The van der Waals surface area contributed by atoms with Gasteiger partial charge in [0.15, 0.2) is 0 Å². The molecular weight excluding hydrogens is 334 g/mol. The number of halogens is 1. The van der Waals surface area contributed by atoms with E-state index in [4.69, 9.17) is 0 Å². The Labute approximate surface area is 129 Å². The Morgan fingerprint density at radius 3 is 2.90 bits per heavy atom. The Balaban J connectivity index is 1.77. The number of nitrogens with zero attached hydrogens (tertiary/aromatic N) is 3. The molecule has 0 spiro atoms. The number of rotatable bonds is 4. The van der Waals surface area contributed by atoms with Crippen LogP contribution in [0.3, 0.4) is 0 Å². The van der Waals surface area contributed by atoms with Gasteiger partial charge in [0.2, 0.25) is 0 Å². The summed E-state index contributed by atoms with van der Waals surface area (Å²) in [5, 5.41) is 13.5. The van der Waals surface area contributed by atoms with Crippen LogP contribution in [0.4, 0.5) is 0 Å². The Hall–Kier alpha value is -2.41. The first-order valence-electron chi connectivity index (χ1n) is 6.30. The number of amides is 1. The number of hydrogen-bond donors (Lipinski definition) is 2. The smallest absolute Gasteiger partial charge is 0.270 e. The van der Waals surface area contributed by atoms with Crippen LogP contribution in [0.2, 0.25) is 0 Å². The van der Waals surface area contributed by atoms with Crippen LogP contribution in [0.1, 0.15) is 16.1 Å². The lowest BCUT2D eigenvalue weighted by Crippen LogP contribution is -2.24. The number of nitrogens with one attached hydrogen (secondary N) is 2. The lowest BCUT2D eigenvalue weighted by atomic mass is 10.1. The maximum absolute atomic E-state index is 12.1. The molecule has 2 aromatic heterocycles. The van der Waals surface area contributed by atoms with Gasteiger partial charge >= 0.3 is 0 Å². The summed E-state index contributed by atoms with van der Waals surface area (Å²) in [6, 6.07) is 9.64. The molecular formula is C14H12BrN5O. The molecule has 3 aromatic rings. The van der Waals surface area contributed by atoms with Crippen LogP contribution in [-0.2, 0) is 6.54 Å².